The van der Waals surface area contributed by atoms with Crippen LogP contribution >= 0.6 is 0 Å². The van der Waals surface area contributed by atoms with E-state index >= 15 is 0 Å². The van der Waals surface area contributed by atoms with Gasteiger partial charge in [-0.2, -0.15) is 0 Å². The van der Waals surface area contributed by atoms with E-state index < -0.39 is 0 Å². The number of carbonyl (C=O) groups excluding carboxylic acids is 1. The van der Waals surface area contributed by atoms with Crippen LogP contribution < -0.4 is 5.32 Å². The molecule has 134 valence electrons. The van der Waals surface area contributed by atoms with Crippen LogP contribution in [0.2, 0.25) is 0 Å². The van der Waals surface area contributed by atoms with Crippen molar-refractivity contribution >= 4 is 17.2 Å². The molecule has 1 N–H and O–H groups in total. The molecule has 1 amide bonds. The Morgan fingerprint density at radius 3 is 2.58 bits per heavy atom. The standard InChI is InChI=1S/C20H23N5O/c1-15(20(26)21-17-7-3-2-4-8-17)24-13-10-16(11-14-24)19-23-22-18-9-5-6-12-25(18)19/h2-9,12,15-16H,10-11,13-14H2,1H3,(H,21,26). The Morgan fingerprint density at radius 1 is 1.08 bits per heavy atom. The maximum absolute atomic E-state index is 12.5. The Labute approximate surface area is 152 Å². The maximum Gasteiger partial charge on any atom is 0.241 e. The number of hydrogen-bond donors (Lipinski definition) is 1. The largest absolute Gasteiger partial charge is 0.325 e. The monoisotopic (exact) mass is 349 g/mol. The molecule has 1 aliphatic rings. The van der Waals surface area contributed by atoms with Gasteiger partial charge in [-0.05, 0) is 57.1 Å². The van der Waals surface area contributed by atoms with E-state index in [1.165, 1.54) is 0 Å². The van der Waals surface area contributed by atoms with E-state index in [-0.39, 0.29) is 11.9 Å². The van der Waals surface area contributed by atoms with Gasteiger partial charge in [0.1, 0.15) is 5.82 Å². The first-order chi connectivity index (χ1) is 12.7. The first-order valence-corrected chi connectivity index (χ1v) is 9.12. The summed E-state index contributed by atoms with van der Waals surface area (Å²) in [6, 6.07) is 15.4. The summed E-state index contributed by atoms with van der Waals surface area (Å²) in [5.74, 6) is 1.46. The molecule has 3 aromatic rings. The Hall–Kier alpha value is -2.73. The summed E-state index contributed by atoms with van der Waals surface area (Å²) in [7, 11) is 0. The van der Waals surface area contributed by atoms with Crippen molar-refractivity contribution < 1.29 is 4.79 Å². The predicted octanol–water partition coefficient (Wildman–Crippen LogP) is 2.94. The minimum Gasteiger partial charge on any atom is -0.325 e. The third-order valence-corrected chi connectivity index (χ3v) is 5.20. The molecule has 1 fully saturated rings. The Kier molecular flexibility index (Phi) is 4.67. The number of nitrogens with one attached hydrogen (secondary N) is 1. The number of amides is 1. The first-order valence-electron chi connectivity index (χ1n) is 9.12. The van der Waals surface area contributed by atoms with Crippen molar-refractivity contribution in [2.24, 2.45) is 0 Å². The van der Waals surface area contributed by atoms with Crippen molar-refractivity contribution in [3.05, 3.63) is 60.6 Å². The molecule has 0 aliphatic carbocycles. The molecule has 6 nitrogen and oxygen atoms in total. The summed E-state index contributed by atoms with van der Waals surface area (Å²) in [4.78, 5) is 14.8. The third kappa shape index (κ3) is 3.32. The fourth-order valence-corrected chi connectivity index (χ4v) is 3.62. The molecule has 1 saturated heterocycles. The number of pyridine rings is 1. The topological polar surface area (TPSA) is 62.5 Å². The normalized spacial score (nSPS) is 17.3. The van der Waals surface area contributed by atoms with Gasteiger partial charge in [0.15, 0.2) is 5.65 Å². The Morgan fingerprint density at radius 2 is 1.81 bits per heavy atom. The molecule has 2 aromatic heterocycles. The highest BCUT2D eigenvalue weighted by molar-refractivity contribution is 5.94. The number of piperidine rings is 1. The van der Waals surface area contributed by atoms with Crippen LogP contribution in [-0.4, -0.2) is 44.5 Å². The highest BCUT2D eigenvalue weighted by atomic mass is 16.2. The number of para-hydroxylation sites is 1. The molecule has 4 rings (SSSR count). The smallest absolute Gasteiger partial charge is 0.241 e. The number of hydrogen-bond acceptors (Lipinski definition) is 4. The number of aromatic nitrogens is 3. The molecular formula is C20H23N5O. The molecule has 0 saturated carbocycles. The highest BCUT2D eigenvalue weighted by Gasteiger charge is 2.29. The molecule has 1 aromatic carbocycles. The van der Waals surface area contributed by atoms with Gasteiger partial charge in [0, 0.05) is 17.8 Å². The fourth-order valence-electron chi connectivity index (χ4n) is 3.62. The number of likely N-dealkylation sites (tertiary alicyclic amines) is 1. The molecule has 26 heavy (non-hydrogen) atoms. The van der Waals surface area contributed by atoms with Gasteiger partial charge in [-0.25, -0.2) is 0 Å². The fraction of sp³-hybridized carbons (Fsp3) is 0.350. The summed E-state index contributed by atoms with van der Waals surface area (Å²) in [5, 5.41) is 11.6. The lowest BCUT2D eigenvalue weighted by atomic mass is 9.95. The SMILES string of the molecule is CC(C(=O)Nc1ccccc1)N1CCC(c2nnc3ccccn23)CC1. The number of carbonyl (C=O) groups is 1. The van der Waals surface area contributed by atoms with Crippen molar-refractivity contribution in [3.8, 4) is 0 Å². The van der Waals surface area contributed by atoms with E-state index in [2.05, 4.69) is 24.8 Å². The van der Waals surface area contributed by atoms with Crippen molar-refractivity contribution in [1.29, 1.82) is 0 Å². The first kappa shape index (κ1) is 16.7. The van der Waals surface area contributed by atoms with Gasteiger partial charge in [0.2, 0.25) is 5.91 Å². The summed E-state index contributed by atoms with van der Waals surface area (Å²) >= 11 is 0. The second kappa shape index (κ2) is 7.25. The molecule has 6 heteroatoms. The molecule has 3 heterocycles. The number of anilines is 1. The zero-order chi connectivity index (χ0) is 17.9. The van der Waals surface area contributed by atoms with Crippen molar-refractivity contribution in [2.75, 3.05) is 18.4 Å². The molecule has 0 radical (unpaired) electrons. The minimum atomic E-state index is -0.147. The van der Waals surface area contributed by atoms with Crippen LogP contribution in [0.15, 0.2) is 54.7 Å². The van der Waals surface area contributed by atoms with E-state index in [0.717, 1.165) is 43.1 Å². The van der Waals surface area contributed by atoms with Crippen molar-refractivity contribution in [3.63, 3.8) is 0 Å². The molecule has 1 unspecified atom stereocenters. The quantitative estimate of drug-likeness (QED) is 0.787. The van der Waals surface area contributed by atoms with Crippen LogP contribution in [0.3, 0.4) is 0 Å². The zero-order valence-corrected chi connectivity index (χ0v) is 14.9. The molecule has 1 aliphatic heterocycles. The van der Waals surface area contributed by atoms with Gasteiger partial charge >= 0.3 is 0 Å². The summed E-state index contributed by atoms with van der Waals surface area (Å²) < 4.78 is 2.08. The number of fused-ring (bicyclic) bond motifs is 1. The second-order valence-electron chi connectivity index (χ2n) is 6.83. The lowest BCUT2D eigenvalue weighted by molar-refractivity contribution is -0.121. The second-order valence-corrected chi connectivity index (χ2v) is 6.83. The van der Waals surface area contributed by atoms with Crippen LogP contribution in [0.4, 0.5) is 5.69 Å². The van der Waals surface area contributed by atoms with E-state index in [9.17, 15) is 4.79 Å². The van der Waals surface area contributed by atoms with Crippen LogP contribution in [0, 0.1) is 0 Å². The van der Waals surface area contributed by atoms with E-state index in [1.54, 1.807) is 0 Å². The summed E-state index contributed by atoms with van der Waals surface area (Å²) in [6.07, 6.45) is 3.99. The van der Waals surface area contributed by atoms with E-state index in [4.69, 9.17) is 0 Å². The number of nitrogens with zero attached hydrogens (tertiary/aromatic N) is 4. The number of rotatable bonds is 4. The molecule has 0 spiro atoms. The Balaban J connectivity index is 1.38. The molecule has 1 atom stereocenters. The van der Waals surface area contributed by atoms with Gasteiger partial charge in [-0.1, -0.05) is 24.3 Å². The maximum atomic E-state index is 12.5. The zero-order valence-electron chi connectivity index (χ0n) is 14.9. The van der Waals surface area contributed by atoms with Crippen LogP contribution in [0.5, 0.6) is 0 Å². The molecular weight excluding hydrogens is 326 g/mol. The summed E-state index contributed by atoms with van der Waals surface area (Å²) in [5.41, 5.74) is 1.73. The minimum absolute atomic E-state index is 0.0441. The van der Waals surface area contributed by atoms with Gasteiger partial charge in [0.25, 0.3) is 0 Å². The highest BCUT2D eigenvalue weighted by Crippen LogP contribution is 2.28. The van der Waals surface area contributed by atoms with Gasteiger partial charge in [0.05, 0.1) is 6.04 Å². The average Bonchev–Trinajstić information content (AvgIpc) is 3.12. The van der Waals surface area contributed by atoms with Gasteiger partial charge in [-0.15, -0.1) is 10.2 Å². The van der Waals surface area contributed by atoms with Crippen molar-refractivity contribution in [1.82, 2.24) is 19.5 Å². The van der Waals surface area contributed by atoms with E-state index in [1.807, 2.05) is 61.7 Å². The lowest BCUT2D eigenvalue weighted by Gasteiger charge is -2.34. The Bertz CT molecular complexity index is 883. The summed E-state index contributed by atoms with van der Waals surface area (Å²) in [6.45, 7) is 3.75. The van der Waals surface area contributed by atoms with Crippen molar-refractivity contribution in [2.45, 2.75) is 31.7 Å². The predicted molar refractivity (Wildman–Crippen MR) is 101 cm³/mol. The number of benzene rings is 1. The third-order valence-electron chi connectivity index (χ3n) is 5.20. The van der Waals surface area contributed by atoms with Crippen LogP contribution in [0.25, 0.3) is 5.65 Å². The van der Waals surface area contributed by atoms with Gasteiger partial charge < -0.3 is 5.32 Å². The van der Waals surface area contributed by atoms with Crippen LogP contribution in [-0.2, 0) is 4.79 Å². The van der Waals surface area contributed by atoms with Gasteiger partial charge in [-0.3, -0.25) is 14.1 Å². The average molecular weight is 349 g/mol. The lowest BCUT2D eigenvalue weighted by Crippen LogP contribution is -2.45. The molecule has 0 bridgehead atoms. The van der Waals surface area contributed by atoms with E-state index in [0.29, 0.717) is 5.92 Å². The van der Waals surface area contributed by atoms with Crippen LogP contribution in [0.1, 0.15) is 31.5 Å².